The standard InChI is InChI=1S/C12H16N4O/c1-9-7-13-11(14-9)8-16(3)12(17)10-5-4-6-15(10)2/h4-7H,8H2,1-3H3,(H,13,14). The number of hydrogen-bond donors (Lipinski definition) is 1. The number of carbonyl (C=O) groups is 1. The van der Waals surface area contributed by atoms with Crippen LogP contribution in [0.5, 0.6) is 0 Å². The first kappa shape index (κ1) is 11.4. The van der Waals surface area contributed by atoms with Crippen LogP contribution in [0.15, 0.2) is 24.5 Å². The van der Waals surface area contributed by atoms with Crippen molar-refractivity contribution in [2.24, 2.45) is 7.05 Å². The first-order valence-corrected chi connectivity index (χ1v) is 5.45. The monoisotopic (exact) mass is 232 g/mol. The van der Waals surface area contributed by atoms with E-state index in [-0.39, 0.29) is 5.91 Å². The maximum absolute atomic E-state index is 12.1. The highest BCUT2D eigenvalue weighted by Gasteiger charge is 2.15. The summed E-state index contributed by atoms with van der Waals surface area (Å²) in [6, 6.07) is 3.67. The number of nitrogens with one attached hydrogen (secondary N) is 1. The third-order valence-corrected chi connectivity index (χ3v) is 2.65. The summed E-state index contributed by atoms with van der Waals surface area (Å²) >= 11 is 0. The molecule has 1 N–H and O–H groups in total. The molecule has 2 rings (SSSR count). The first-order chi connectivity index (χ1) is 8.08. The van der Waals surface area contributed by atoms with Crippen molar-refractivity contribution in [1.82, 2.24) is 19.4 Å². The van der Waals surface area contributed by atoms with Gasteiger partial charge in [0.25, 0.3) is 5.91 Å². The van der Waals surface area contributed by atoms with Crippen LogP contribution in [0.4, 0.5) is 0 Å². The van der Waals surface area contributed by atoms with E-state index in [1.165, 1.54) is 0 Å². The van der Waals surface area contributed by atoms with E-state index >= 15 is 0 Å². The molecule has 0 saturated heterocycles. The number of hydrogen-bond acceptors (Lipinski definition) is 2. The predicted octanol–water partition coefficient (Wildman–Crippen LogP) is 1.33. The summed E-state index contributed by atoms with van der Waals surface area (Å²) in [5.74, 6) is 0.791. The summed E-state index contributed by atoms with van der Waals surface area (Å²) in [5, 5.41) is 0. The Kier molecular flexibility index (Phi) is 2.99. The van der Waals surface area contributed by atoms with E-state index in [0.717, 1.165) is 11.5 Å². The van der Waals surface area contributed by atoms with Crippen LogP contribution >= 0.6 is 0 Å². The average molecular weight is 232 g/mol. The minimum Gasteiger partial charge on any atom is -0.347 e. The number of aromatic nitrogens is 3. The topological polar surface area (TPSA) is 53.9 Å². The van der Waals surface area contributed by atoms with Gasteiger partial charge in [0.05, 0.1) is 6.54 Å². The number of carbonyl (C=O) groups excluding carboxylic acids is 1. The molecule has 2 heterocycles. The highest BCUT2D eigenvalue weighted by molar-refractivity contribution is 5.92. The Morgan fingerprint density at radius 3 is 2.88 bits per heavy atom. The minimum atomic E-state index is -0.00782. The number of amides is 1. The Hall–Kier alpha value is -2.04. The lowest BCUT2D eigenvalue weighted by molar-refractivity contribution is 0.0772. The summed E-state index contributed by atoms with van der Waals surface area (Å²) in [6.07, 6.45) is 3.62. The summed E-state index contributed by atoms with van der Waals surface area (Å²) in [7, 11) is 3.63. The van der Waals surface area contributed by atoms with Gasteiger partial charge in [0, 0.05) is 32.2 Å². The zero-order chi connectivity index (χ0) is 12.4. The van der Waals surface area contributed by atoms with E-state index in [0.29, 0.717) is 12.2 Å². The first-order valence-electron chi connectivity index (χ1n) is 5.45. The van der Waals surface area contributed by atoms with Crippen LogP contribution in [-0.4, -0.2) is 32.4 Å². The van der Waals surface area contributed by atoms with Gasteiger partial charge >= 0.3 is 0 Å². The van der Waals surface area contributed by atoms with E-state index in [9.17, 15) is 4.79 Å². The molecular weight excluding hydrogens is 216 g/mol. The van der Waals surface area contributed by atoms with Crippen LogP contribution in [0.3, 0.4) is 0 Å². The molecule has 5 nitrogen and oxygen atoms in total. The Morgan fingerprint density at radius 1 is 1.59 bits per heavy atom. The second-order valence-electron chi connectivity index (χ2n) is 4.18. The summed E-state index contributed by atoms with van der Waals surface area (Å²) in [5.41, 5.74) is 1.68. The highest BCUT2D eigenvalue weighted by atomic mass is 16.2. The molecule has 0 saturated carbocycles. The van der Waals surface area contributed by atoms with Crippen molar-refractivity contribution in [2.45, 2.75) is 13.5 Å². The van der Waals surface area contributed by atoms with Crippen LogP contribution in [-0.2, 0) is 13.6 Å². The Labute approximate surface area is 100 Å². The second-order valence-corrected chi connectivity index (χ2v) is 4.18. The van der Waals surface area contributed by atoms with Crippen molar-refractivity contribution < 1.29 is 4.79 Å². The third-order valence-electron chi connectivity index (χ3n) is 2.65. The van der Waals surface area contributed by atoms with E-state index in [1.807, 2.05) is 36.9 Å². The van der Waals surface area contributed by atoms with Crippen LogP contribution in [0.25, 0.3) is 0 Å². The second kappa shape index (κ2) is 4.45. The third kappa shape index (κ3) is 2.38. The molecular formula is C12H16N4O. The van der Waals surface area contributed by atoms with Crippen LogP contribution in [0, 0.1) is 6.92 Å². The fourth-order valence-electron chi connectivity index (χ4n) is 1.72. The zero-order valence-electron chi connectivity index (χ0n) is 10.3. The molecule has 2 aromatic heterocycles. The van der Waals surface area contributed by atoms with Crippen molar-refractivity contribution in [3.05, 3.63) is 41.7 Å². The lowest BCUT2D eigenvalue weighted by atomic mass is 10.3. The Morgan fingerprint density at radius 2 is 2.35 bits per heavy atom. The van der Waals surface area contributed by atoms with Crippen LogP contribution in [0.1, 0.15) is 22.0 Å². The van der Waals surface area contributed by atoms with Gasteiger partial charge < -0.3 is 14.5 Å². The maximum Gasteiger partial charge on any atom is 0.270 e. The van der Waals surface area contributed by atoms with Gasteiger partial charge in [0.1, 0.15) is 11.5 Å². The fraction of sp³-hybridized carbons (Fsp3) is 0.333. The SMILES string of the molecule is Cc1cnc(CN(C)C(=O)c2cccn2C)[nH]1. The van der Waals surface area contributed by atoms with Gasteiger partial charge in [-0.25, -0.2) is 4.98 Å². The number of nitrogens with zero attached hydrogens (tertiary/aromatic N) is 3. The molecule has 0 unspecified atom stereocenters. The number of H-pyrrole nitrogens is 1. The molecule has 0 spiro atoms. The molecule has 0 aliphatic carbocycles. The van der Waals surface area contributed by atoms with Gasteiger partial charge in [0.15, 0.2) is 0 Å². The fourth-order valence-corrected chi connectivity index (χ4v) is 1.72. The summed E-state index contributed by atoms with van der Waals surface area (Å²) in [4.78, 5) is 21.0. The van der Waals surface area contributed by atoms with Crippen molar-refractivity contribution in [1.29, 1.82) is 0 Å². The summed E-state index contributed by atoms with van der Waals surface area (Å²) in [6.45, 7) is 2.42. The summed E-state index contributed by atoms with van der Waals surface area (Å²) < 4.78 is 1.81. The minimum absolute atomic E-state index is 0.00782. The van der Waals surface area contributed by atoms with E-state index in [2.05, 4.69) is 9.97 Å². The van der Waals surface area contributed by atoms with E-state index in [4.69, 9.17) is 0 Å². The maximum atomic E-state index is 12.1. The number of aromatic amines is 1. The molecule has 0 aliphatic rings. The molecule has 0 bridgehead atoms. The number of rotatable bonds is 3. The normalized spacial score (nSPS) is 10.5. The molecule has 0 radical (unpaired) electrons. The largest absolute Gasteiger partial charge is 0.347 e. The van der Waals surface area contributed by atoms with Gasteiger partial charge in [-0.05, 0) is 19.1 Å². The molecule has 5 heteroatoms. The highest BCUT2D eigenvalue weighted by Crippen LogP contribution is 2.06. The Balaban J connectivity index is 2.08. The quantitative estimate of drug-likeness (QED) is 0.868. The average Bonchev–Trinajstić information content (AvgIpc) is 2.86. The van der Waals surface area contributed by atoms with Crippen molar-refractivity contribution in [3.8, 4) is 0 Å². The predicted molar refractivity (Wildman–Crippen MR) is 64.5 cm³/mol. The van der Waals surface area contributed by atoms with E-state index in [1.54, 1.807) is 18.1 Å². The van der Waals surface area contributed by atoms with Gasteiger partial charge in [-0.15, -0.1) is 0 Å². The molecule has 0 aliphatic heterocycles. The van der Waals surface area contributed by atoms with Gasteiger partial charge in [-0.2, -0.15) is 0 Å². The lowest BCUT2D eigenvalue weighted by Crippen LogP contribution is -2.28. The molecule has 0 aromatic carbocycles. The van der Waals surface area contributed by atoms with Crippen molar-refractivity contribution in [3.63, 3.8) is 0 Å². The number of aryl methyl sites for hydroxylation is 2. The molecule has 17 heavy (non-hydrogen) atoms. The van der Waals surface area contributed by atoms with Crippen molar-refractivity contribution in [2.75, 3.05) is 7.05 Å². The molecule has 1 amide bonds. The molecule has 2 aromatic rings. The van der Waals surface area contributed by atoms with Gasteiger partial charge in [0.2, 0.25) is 0 Å². The number of imidazole rings is 1. The van der Waals surface area contributed by atoms with Crippen LogP contribution < -0.4 is 0 Å². The Bertz CT molecular complexity index is 526. The van der Waals surface area contributed by atoms with Gasteiger partial charge in [-0.3, -0.25) is 4.79 Å². The molecule has 0 fully saturated rings. The van der Waals surface area contributed by atoms with Crippen molar-refractivity contribution >= 4 is 5.91 Å². The van der Waals surface area contributed by atoms with E-state index < -0.39 is 0 Å². The van der Waals surface area contributed by atoms with Gasteiger partial charge in [-0.1, -0.05) is 0 Å². The smallest absolute Gasteiger partial charge is 0.270 e. The lowest BCUT2D eigenvalue weighted by Gasteiger charge is -2.16. The zero-order valence-corrected chi connectivity index (χ0v) is 10.3. The molecule has 0 atom stereocenters. The molecule has 90 valence electrons. The van der Waals surface area contributed by atoms with Crippen LogP contribution in [0.2, 0.25) is 0 Å².